The third-order valence-electron chi connectivity index (χ3n) is 4.11. The van der Waals surface area contributed by atoms with Crippen molar-refractivity contribution >= 4 is 37.3 Å². The molecule has 0 bridgehead atoms. The first-order valence-corrected chi connectivity index (χ1v) is 10.9. The van der Waals surface area contributed by atoms with Crippen LogP contribution < -0.4 is 9.54 Å². The highest BCUT2D eigenvalue weighted by Crippen LogP contribution is 2.27. The van der Waals surface area contributed by atoms with Crippen LogP contribution in [0.15, 0.2) is 52.4 Å². The number of fused-ring (bicyclic) bond motifs is 1. The second-order valence-electron chi connectivity index (χ2n) is 6.01. The zero-order valence-corrected chi connectivity index (χ0v) is 16.9. The van der Waals surface area contributed by atoms with Crippen molar-refractivity contribution in [2.75, 3.05) is 12.9 Å². The second-order valence-corrected chi connectivity index (χ2v) is 9.01. The minimum atomic E-state index is -3.73. The van der Waals surface area contributed by atoms with Gasteiger partial charge in [-0.3, -0.25) is 4.79 Å². The van der Waals surface area contributed by atoms with Gasteiger partial charge in [0.15, 0.2) is 14.6 Å². The van der Waals surface area contributed by atoms with E-state index in [1.807, 2.05) is 36.6 Å². The number of para-hydroxylation sites is 1. The Kier molecular flexibility index (Phi) is 5.48. The van der Waals surface area contributed by atoms with Crippen molar-refractivity contribution in [1.82, 2.24) is 4.57 Å². The number of amides is 1. The SMILES string of the molecule is CCn1c(=NC(=O)CS(=O)(=O)c2ccc(C)cc2)sc2cccc(OC)c21. The maximum absolute atomic E-state index is 12.5. The van der Waals surface area contributed by atoms with Gasteiger partial charge in [0.2, 0.25) is 0 Å². The van der Waals surface area contributed by atoms with Gasteiger partial charge in [-0.2, -0.15) is 4.99 Å². The number of aryl methyl sites for hydroxylation is 2. The largest absolute Gasteiger partial charge is 0.495 e. The van der Waals surface area contributed by atoms with Gasteiger partial charge in [-0.15, -0.1) is 0 Å². The van der Waals surface area contributed by atoms with Crippen molar-refractivity contribution < 1.29 is 17.9 Å². The monoisotopic (exact) mass is 404 g/mol. The molecule has 2 aromatic carbocycles. The Balaban J connectivity index is 1.99. The Labute approximate surface area is 161 Å². The molecule has 27 heavy (non-hydrogen) atoms. The minimum Gasteiger partial charge on any atom is -0.495 e. The average Bonchev–Trinajstić information content (AvgIpc) is 2.98. The van der Waals surface area contributed by atoms with Crippen LogP contribution in [0.4, 0.5) is 0 Å². The molecule has 6 nitrogen and oxygen atoms in total. The number of methoxy groups -OCH3 is 1. The molecule has 1 aromatic heterocycles. The van der Waals surface area contributed by atoms with E-state index in [9.17, 15) is 13.2 Å². The van der Waals surface area contributed by atoms with E-state index in [0.29, 0.717) is 17.1 Å². The standard InChI is InChI=1S/C19H20N2O4S2/c1-4-21-18-15(25-3)6-5-7-16(18)26-19(21)20-17(22)12-27(23,24)14-10-8-13(2)9-11-14/h5-11H,4,12H2,1-3H3. The van der Waals surface area contributed by atoms with Crippen molar-refractivity contribution in [1.29, 1.82) is 0 Å². The molecule has 3 aromatic rings. The molecule has 0 spiro atoms. The van der Waals surface area contributed by atoms with Gasteiger partial charge in [0.25, 0.3) is 5.91 Å². The normalized spacial score (nSPS) is 12.5. The predicted molar refractivity (Wildman–Crippen MR) is 106 cm³/mol. The van der Waals surface area contributed by atoms with Crippen LogP contribution in [0.25, 0.3) is 10.2 Å². The van der Waals surface area contributed by atoms with E-state index in [2.05, 4.69) is 4.99 Å². The van der Waals surface area contributed by atoms with Crippen molar-refractivity contribution in [3.05, 3.63) is 52.8 Å². The van der Waals surface area contributed by atoms with E-state index in [-0.39, 0.29) is 4.90 Å². The number of hydrogen-bond donors (Lipinski definition) is 0. The van der Waals surface area contributed by atoms with Gasteiger partial charge in [-0.25, -0.2) is 8.42 Å². The highest BCUT2D eigenvalue weighted by Gasteiger charge is 2.19. The lowest BCUT2D eigenvalue weighted by Crippen LogP contribution is -2.20. The molecule has 0 N–H and O–H groups in total. The molecule has 0 fully saturated rings. The summed E-state index contributed by atoms with van der Waals surface area (Å²) < 4.78 is 33.1. The van der Waals surface area contributed by atoms with Crippen LogP contribution >= 0.6 is 11.3 Å². The summed E-state index contributed by atoms with van der Waals surface area (Å²) in [5.74, 6) is -0.666. The van der Waals surface area contributed by atoms with Gasteiger partial charge in [0.1, 0.15) is 17.0 Å². The van der Waals surface area contributed by atoms with Crippen molar-refractivity contribution in [2.24, 2.45) is 4.99 Å². The number of benzene rings is 2. The minimum absolute atomic E-state index is 0.123. The Morgan fingerprint density at radius 1 is 1.19 bits per heavy atom. The van der Waals surface area contributed by atoms with E-state index in [1.165, 1.54) is 23.5 Å². The number of nitrogens with zero attached hydrogens (tertiary/aromatic N) is 2. The number of aromatic nitrogens is 1. The molecule has 0 aliphatic rings. The molecular weight excluding hydrogens is 384 g/mol. The zero-order valence-electron chi connectivity index (χ0n) is 15.3. The summed E-state index contributed by atoms with van der Waals surface area (Å²) in [5, 5.41) is 0. The zero-order chi connectivity index (χ0) is 19.6. The van der Waals surface area contributed by atoms with Gasteiger partial charge in [-0.1, -0.05) is 35.1 Å². The molecule has 0 aliphatic carbocycles. The van der Waals surface area contributed by atoms with Crippen molar-refractivity contribution in [3.8, 4) is 5.75 Å². The molecular formula is C19H20N2O4S2. The highest BCUT2D eigenvalue weighted by molar-refractivity contribution is 7.92. The first-order valence-electron chi connectivity index (χ1n) is 8.39. The van der Waals surface area contributed by atoms with Crippen molar-refractivity contribution in [3.63, 3.8) is 0 Å². The summed E-state index contributed by atoms with van der Waals surface area (Å²) in [7, 11) is -2.15. The van der Waals surface area contributed by atoms with Gasteiger partial charge in [0.05, 0.1) is 16.7 Å². The predicted octanol–water partition coefficient (Wildman–Crippen LogP) is 2.94. The first-order chi connectivity index (χ1) is 12.9. The van der Waals surface area contributed by atoms with Crippen LogP contribution in [0.1, 0.15) is 12.5 Å². The van der Waals surface area contributed by atoms with E-state index in [1.54, 1.807) is 19.2 Å². The molecule has 0 aliphatic heterocycles. The molecule has 0 radical (unpaired) electrons. The number of thiazole rings is 1. The van der Waals surface area contributed by atoms with E-state index < -0.39 is 21.5 Å². The summed E-state index contributed by atoms with van der Waals surface area (Å²) in [6.45, 7) is 4.39. The number of rotatable bonds is 5. The van der Waals surface area contributed by atoms with E-state index in [0.717, 1.165) is 15.8 Å². The molecule has 0 atom stereocenters. The molecule has 0 unspecified atom stereocenters. The van der Waals surface area contributed by atoms with Crippen LogP contribution in [-0.2, 0) is 21.2 Å². The molecule has 3 rings (SSSR count). The number of sulfone groups is 1. The van der Waals surface area contributed by atoms with Crippen LogP contribution in [-0.4, -0.2) is 31.8 Å². The van der Waals surface area contributed by atoms with E-state index in [4.69, 9.17) is 4.74 Å². The lowest BCUT2D eigenvalue weighted by molar-refractivity contribution is -0.115. The Morgan fingerprint density at radius 3 is 2.52 bits per heavy atom. The molecule has 0 saturated carbocycles. The third-order valence-corrected chi connectivity index (χ3v) is 6.78. The number of carbonyl (C=O) groups is 1. The molecule has 142 valence electrons. The lowest BCUT2D eigenvalue weighted by atomic mass is 10.2. The third kappa shape index (κ3) is 3.96. The maximum atomic E-state index is 12.5. The fourth-order valence-corrected chi connectivity index (χ4v) is 5.01. The molecule has 0 saturated heterocycles. The van der Waals surface area contributed by atoms with Crippen LogP contribution in [0.3, 0.4) is 0 Å². The van der Waals surface area contributed by atoms with Crippen LogP contribution in [0.2, 0.25) is 0 Å². The molecule has 1 heterocycles. The topological polar surface area (TPSA) is 77.7 Å². The lowest BCUT2D eigenvalue weighted by Gasteiger charge is -2.05. The first kappa shape index (κ1) is 19.3. The van der Waals surface area contributed by atoms with Gasteiger partial charge >= 0.3 is 0 Å². The smallest absolute Gasteiger partial charge is 0.263 e. The van der Waals surface area contributed by atoms with Crippen LogP contribution in [0, 0.1) is 6.92 Å². The second kappa shape index (κ2) is 7.66. The quantitative estimate of drug-likeness (QED) is 0.655. The summed E-state index contributed by atoms with van der Waals surface area (Å²) in [5.41, 5.74) is 1.80. The molecule has 8 heteroatoms. The Morgan fingerprint density at radius 2 is 1.89 bits per heavy atom. The fraction of sp³-hybridized carbons (Fsp3) is 0.263. The Hall–Kier alpha value is -2.45. The van der Waals surface area contributed by atoms with Gasteiger partial charge < -0.3 is 9.30 Å². The Bertz CT molecular complexity index is 1160. The van der Waals surface area contributed by atoms with Crippen molar-refractivity contribution in [2.45, 2.75) is 25.3 Å². The van der Waals surface area contributed by atoms with Gasteiger partial charge in [-0.05, 0) is 38.1 Å². The summed E-state index contributed by atoms with van der Waals surface area (Å²) >= 11 is 1.33. The van der Waals surface area contributed by atoms with E-state index >= 15 is 0 Å². The summed E-state index contributed by atoms with van der Waals surface area (Å²) in [4.78, 5) is 17.0. The average molecular weight is 405 g/mol. The number of carbonyl (C=O) groups excluding carboxylic acids is 1. The molecule has 1 amide bonds. The summed E-state index contributed by atoms with van der Waals surface area (Å²) in [6.07, 6.45) is 0. The number of ether oxygens (including phenoxy) is 1. The van der Waals surface area contributed by atoms with Gasteiger partial charge in [0, 0.05) is 6.54 Å². The summed E-state index contributed by atoms with van der Waals surface area (Å²) in [6, 6.07) is 12.1. The fourth-order valence-electron chi connectivity index (χ4n) is 2.77. The number of hydrogen-bond acceptors (Lipinski definition) is 5. The highest BCUT2D eigenvalue weighted by atomic mass is 32.2. The maximum Gasteiger partial charge on any atom is 0.263 e. The van der Waals surface area contributed by atoms with Crippen LogP contribution in [0.5, 0.6) is 5.75 Å².